The van der Waals surface area contributed by atoms with E-state index in [-0.39, 0.29) is 18.1 Å². The Bertz CT molecular complexity index is 259. The lowest BCUT2D eigenvalue weighted by molar-refractivity contribution is -0.150. The molecule has 17 heavy (non-hydrogen) atoms. The van der Waals surface area contributed by atoms with E-state index in [0.29, 0.717) is 19.6 Å². The number of carbonyl (C=O) groups excluding carboxylic acids is 1. The van der Waals surface area contributed by atoms with Gasteiger partial charge in [0.25, 0.3) is 0 Å². The lowest BCUT2D eigenvalue weighted by Gasteiger charge is -2.32. The first kappa shape index (κ1) is 15.9. The summed E-state index contributed by atoms with van der Waals surface area (Å²) in [4.78, 5) is 14.0. The molecule has 98 valence electrons. The Hall–Kier alpha value is -1.08. The highest BCUT2D eigenvalue weighted by Gasteiger charge is 2.27. The molecule has 0 spiro atoms. The first-order valence-corrected chi connectivity index (χ1v) is 6.37. The largest absolute Gasteiger partial charge is 0.465 e. The minimum absolute atomic E-state index is 0.166. The third kappa shape index (κ3) is 5.69. The molecule has 0 amide bonds. The second-order valence-corrected chi connectivity index (χ2v) is 4.30. The van der Waals surface area contributed by atoms with E-state index in [1.54, 1.807) is 0 Å². The Labute approximate surface area is 105 Å². The number of nitrogens with zero attached hydrogens (tertiary/aromatic N) is 2. The fourth-order valence-corrected chi connectivity index (χ4v) is 1.88. The van der Waals surface area contributed by atoms with Crippen molar-refractivity contribution >= 4 is 5.97 Å². The third-order valence-electron chi connectivity index (χ3n) is 2.67. The summed E-state index contributed by atoms with van der Waals surface area (Å²) in [6, 6.07) is 2.15. The molecule has 4 nitrogen and oxygen atoms in total. The number of hydrogen-bond acceptors (Lipinski definition) is 4. The first-order chi connectivity index (χ1) is 8.08. The SMILES string of the molecule is CCCC(C(=O)OCC)N(CCC#N)C(C)C. The van der Waals surface area contributed by atoms with E-state index >= 15 is 0 Å². The highest BCUT2D eigenvalue weighted by molar-refractivity contribution is 5.75. The fourth-order valence-electron chi connectivity index (χ4n) is 1.88. The van der Waals surface area contributed by atoms with Gasteiger partial charge in [0.15, 0.2) is 0 Å². The molecule has 0 aromatic carbocycles. The van der Waals surface area contributed by atoms with Crippen molar-refractivity contribution < 1.29 is 9.53 Å². The molecular weight excluding hydrogens is 216 g/mol. The quantitative estimate of drug-likeness (QED) is 0.611. The van der Waals surface area contributed by atoms with Gasteiger partial charge in [0.2, 0.25) is 0 Å². The zero-order valence-corrected chi connectivity index (χ0v) is 11.4. The number of esters is 1. The molecule has 0 heterocycles. The summed E-state index contributed by atoms with van der Waals surface area (Å²) in [6.07, 6.45) is 2.15. The normalized spacial score (nSPS) is 12.5. The summed E-state index contributed by atoms with van der Waals surface area (Å²) in [7, 11) is 0. The highest BCUT2D eigenvalue weighted by atomic mass is 16.5. The van der Waals surface area contributed by atoms with Gasteiger partial charge in [0.05, 0.1) is 12.7 Å². The van der Waals surface area contributed by atoms with E-state index in [2.05, 4.69) is 17.9 Å². The monoisotopic (exact) mass is 240 g/mol. The van der Waals surface area contributed by atoms with Crippen LogP contribution in [0.15, 0.2) is 0 Å². The molecule has 0 radical (unpaired) electrons. The summed E-state index contributed by atoms with van der Waals surface area (Å²) in [5.74, 6) is -0.166. The second-order valence-electron chi connectivity index (χ2n) is 4.30. The van der Waals surface area contributed by atoms with Crippen LogP contribution in [-0.4, -0.2) is 36.1 Å². The van der Waals surface area contributed by atoms with Gasteiger partial charge in [-0.2, -0.15) is 5.26 Å². The zero-order valence-electron chi connectivity index (χ0n) is 11.4. The van der Waals surface area contributed by atoms with Gasteiger partial charge in [0, 0.05) is 19.0 Å². The minimum atomic E-state index is -0.215. The summed E-state index contributed by atoms with van der Waals surface area (Å²) in [5, 5.41) is 8.66. The second kappa shape index (κ2) is 9.00. The number of hydrogen-bond donors (Lipinski definition) is 0. The maximum absolute atomic E-state index is 11.9. The van der Waals surface area contributed by atoms with Crippen LogP contribution in [0.25, 0.3) is 0 Å². The Balaban J connectivity index is 4.69. The van der Waals surface area contributed by atoms with Crippen molar-refractivity contribution in [3.8, 4) is 6.07 Å². The van der Waals surface area contributed by atoms with Gasteiger partial charge in [-0.05, 0) is 27.2 Å². The molecule has 0 N–H and O–H groups in total. The van der Waals surface area contributed by atoms with Gasteiger partial charge in [-0.15, -0.1) is 0 Å². The Morgan fingerprint density at radius 3 is 2.47 bits per heavy atom. The van der Waals surface area contributed by atoms with Gasteiger partial charge < -0.3 is 4.74 Å². The molecule has 0 aliphatic heterocycles. The van der Waals surface area contributed by atoms with E-state index in [9.17, 15) is 4.79 Å². The maximum Gasteiger partial charge on any atom is 0.323 e. The minimum Gasteiger partial charge on any atom is -0.465 e. The smallest absolute Gasteiger partial charge is 0.323 e. The average molecular weight is 240 g/mol. The lowest BCUT2D eigenvalue weighted by atomic mass is 10.1. The van der Waals surface area contributed by atoms with Crippen molar-refractivity contribution in [2.45, 2.75) is 59.0 Å². The highest BCUT2D eigenvalue weighted by Crippen LogP contribution is 2.13. The molecule has 0 fully saturated rings. The molecule has 0 aromatic rings. The van der Waals surface area contributed by atoms with Crippen molar-refractivity contribution in [3.63, 3.8) is 0 Å². The van der Waals surface area contributed by atoms with Crippen molar-refractivity contribution in [1.29, 1.82) is 5.26 Å². The van der Waals surface area contributed by atoms with Gasteiger partial charge in [-0.1, -0.05) is 13.3 Å². The van der Waals surface area contributed by atoms with E-state index in [1.807, 2.05) is 20.8 Å². The molecule has 1 unspecified atom stereocenters. The van der Waals surface area contributed by atoms with E-state index < -0.39 is 0 Å². The molecular formula is C13H24N2O2. The maximum atomic E-state index is 11.9. The number of carbonyl (C=O) groups is 1. The fraction of sp³-hybridized carbons (Fsp3) is 0.846. The molecule has 0 saturated heterocycles. The summed E-state index contributed by atoms with van der Waals surface area (Å²) >= 11 is 0. The van der Waals surface area contributed by atoms with Crippen molar-refractivity contribution in [2.24, 2.45) is 0 Å². The van der Waals surface area contributed by atoms with E-state index in [1.165, 1.54) is 0 Å². The summed E-state index contributed by atoms with van der Waals surface area (Å²) in [5.41, 5.74) is 0. The predicted octanol–water partition coefficient (Wildman–Crippen LogP) is 2.34. The molecule has 0 aromatic heterocycles. The zero-order chi connectivity index (χ0) is 13.3. The number of ether oxygens (including phenoxy) is 1. The van der Waals surface area contributed by atoms with Crippen molar-refractivity contribution in [2.75, 3.05) is 13.2 Å². The average Bonchev–Trinajstić information content (AvgIpc) is 2.28. The van der Waals surface area contributed by atoms with E-state index in [4.69, 9.17) is 10.00 Å². The molecule has 0 aliphatic carbocycles. The lowest BCUT2D eigenvalue weighted by Crippen LogP contribution is -2.46. The Kier molecular flexibility index (Phi) is 8.43. The van der Waals surface area contributed by atoms with Crippen LogP contribution in [0.1, 0.15) is 47.0 Å². The summed E-state index contributed by atoms with van der Waals surface area (Å²) in [6.45, 7) is 8.98. The van der Waals surface area contributed by atoms with Crippen LogP contribution in [0.4, 0.5) is 0 Å². The molecule has 1 atom stereocenters. The predicted molar refractivity (Wildman–Crippen MR) is 67.4 cm³/mol. The van der Waals surface area contributed by atoms with Crippen LogP contribution in [-0.2, 0) is 9.53 Å². The molecule has 0 rings (SSSR count). The third-order valence-corrected chi connectivity index (χ3v) is 2.67. The van der Waals surface area contributed by atoms with Gasteiger partial charge in [-0.25, -0.2) is 0 Å². The van der Waals surface area contributed by atoms with Crippen LogP contribution >= 0.6 is 0 Å². The van der Waals surface area contributed by atoms with Crippen LogP contribution in [0.2, 0.25) is 0 Å². The van der Waals surface area contributed by atoms with E-state index in [0.717, 1.165) is 12.8 Å². The standard InChI is InChI=1S/C13H24N2O2/c1-5-8-12(13(16)17-6-2)15(11(3)4)10-7-9-14/h11-12H,5-8,10H2,1-4H3. The van der Waals surface area contributed by atoms with Crippen LogP contribution in [0, 0.1) is 11.3 Å². The topological polar surface area (TPSA) is 53.3 Å². The molecule has 0 aliphatic rings. The van der Waals surface area contributed by atoms with Crippen LogP contribution < -0.4 is 0 Å². The number of nitriles is 1. The molecule has 0 bridgehead atoms. The van der Waals surface area contributed by atoms with Crippen LogP contribution in [0.5, 0.6) is 0 Å². The van der Waals surface area contributed by atoms with Gasteiger partial charge in [0.1, 0.15) is 6.04 Å². The summed E-state index contributed by atoms with van der Waals surface area (Å²) < 4.78 is 5.10. The van der Waals surface area contributed by atoms with Gasteiger partial charge in [-0.3, -0.25) is 9.69 Å². The van der Waals surface area contributed by atoms with Crippen molar-refractivity contribution in [1.82, 2.24) is 4.90 Å². The Morgan fingerprint density at radius 2 is 2.06 bits per heavy atom. The van der Waals surface area contributed by atoms with Gasteiger partial charge >= 0.3 is 5.97 Å². The number of rotatable bonds is 8. The van der Waals surface area contributed by atoms with Crippen LogP contribution in [0.3, 0.4) is 0 Å². The van der Waals surface area contributed by atoms with Crippen molar-refractivity contribution in [3.05, 3.63) is 0 Å². The first-order valence-electron chi connectivity index (χ1n) is 6.37. The Morgan fingerprint density at radius 1 is 1.41 bits per heavy atom. The molecule has 0 saturated carbocycles. The molecule has 4 heteroatoms.